The molecular weight excluding hydrogens is 468 g/mol. The summed E-state index contributed by atoms with van der Waals surface area (Å²) in [4.78, 5) is 25.0. The summed E-state index contributed by atoms with van der Waals surface area (Å²) in [6.45, 7) is 1.83. The number of carbonyl (C=O) groups excluding carboxylic acids is 1. The van der Waals surface area contributed by atoms with Gasteiger partial charge < -0.3 is 21.5 Å². The number of hydrogen-bond acceptors (Lipinski definition) is 7. The van der Waals surface area contributed by atoms with E-state index in [1.165, 1.54) is 6.20 Å². The Morgan fingerprint density at radius 1 is 1.26 bits per heavy atom. The van der Waals surface area contributed by atoms with Crippen LogP contribution in [0.2, 0.25) is 5.02 Å². The van der Waals surface area contributed by atoms with Gasteiger partial charge in [-0.15, -0.1) is 0 Å². The van der Waals surface area contributed by atoms with Crippen molar-refractivity contribution in [3.8, 4) is 0 Å². The topological polar surface area (TPSA) is 131 Å². The molecule has 2 aromatic heterocycles. The number of aromatic nitrogens is 4. The van der Waals surface area contributed by atoms with Crippen LogP contribution in [0.3, 0.4) is 0 Å². The van der Waals surface area contributed by atoms with Gasteiger partial charge in [0.05, 0.1) is 18.8 Å². The highest BCUT2D eigenvalue weighted by Crippen LogP contribution is 2.37. The van der Waals surface area contributed by atoms with Crippen molar-refractivity contribution in [2.24, 2.45) is 11.7 Å². The fourth-order valence-electron chi connectivity index (χ4n) is 4.25. The largest absolute Gasteiger partial charge is 0.394 e. The van der Waals surface area contributed by atoms with E-state index in [2.05, 4.69) is 25.6 Å². The molecule has 0 unspecified atom stereocenters. The SMILES string of the molecule is CC[C@@H](CO)Nc1ncc2nc(Nc3c(F)cc(Cl)cc3F)n([C@H]3CC[C@@H](C(N)=O)CC3)c2n1. The summed E-state index contributed by atoms with van der Waals surface area (Å²) in [6, 6.07) is 1.66. The number of aliphatic hydroxyl groups is 1. The van der Waals surface area contributed by atoms with Crippen molar-refractivity contribution in [2.45, 2.75) is 51.1 Å². The van der Waals surface area contributed by atoms with Gasteiger partial charge in [0.15, 0.2) is 17.3 Å². The lowest BCUT2D eigenvalue weighted by atomic mass is 9.85. The lowest BCUT2D eigenvalue weighted by Gasteiger charge is -2.29. The summed E-state index contributed by atoms with van der Waals surface area (Å²) < 4.78 is 30.8. The molecule has 12 heteroatoms. The van der Waals surface area contributed by atoms with Crippen molar-refractivity contribution in [2.75, 3.05) is 17.2 Å². The molecule has 0 saturated heterocycles. The quantitative estimate of drug-likeness (QED) is 0.374. The average molecular weight is 494 g/mol. The van der Waals surface area contributed by atoms with Gasteiger partial charge in [0.1, 0.15) is 11.2 Å². The van der Waals surface area contributed by atoms with Crippen LogP contribution in [-0.4, -0.2) is 43.2 Å². The number of amides is 1. The molecule has 1 aliphatic rings. The number of nitrogens with two attached hydrogens (primary N) is 1. The third-order valence-corrected chi connectivity index (χ3v) is 6.41. The van der Waals surface area contributed by atoms with Gasteiger partial charge in [0, 0.05) is 17.0 Å². The van der Waals surface area contributed by atoms with E-state index in [1.54, 1.807) is 4.57 Å². The summed E-state index contributed by atoms with van der Waals surface area (Å²) in [7, 11) is 0. The van der Waals surface area contributed by atoms with Crippen LogP contribution >= 0.6 is 11.6 Å². The Hall–Kier alpha value is -3.05. The highest BCUT2D eigenvalue weighted by atomic mass is 35.5. The van der Waals surface area contributed by atoms with E-state index in [9.17, 15) is 18.7 Å². The minimum atomic E-state index is -0.858. The van der Waals surface area contributed by atoms with Gasteiger partial charge in [-0.3, -0.25) is 9.36 Å². The van der Waals surface area contributed by atoms with Crippen LogP contribution in [0.15, 0.2) is 18.3 Å². The Balaban J connectivity index is 1.76. The van der Waals surface area contributed by atoms with Crippen molar-refractivity contribution in [3.63, 3.8) is 0 Å². The molecule has 5 N–H and O–H groups in total. The van der Waals surface area contributed by atoms with E-state index < -0.39 is 11.6 Å². The van der Waals surface area contributed by atoms with Crippen LogP contribution in [0.1, 0.15) is 45.1 Å². The number of imidazole rings is 1. The molecule has 0 radical (unpaired) electrons. The van der Waals surface area contributed by atoms with E-state index in [-0.39, 0.29) is 47.2 Å². The highest BCUT2D eigenvalue weighted by molar-refractivity contribution is 6.30. The predicted octanol–water partition coefficient (Wildman–Crippen LogP) is 3.90. The molecular formula is C22H26ClF2N7O2. The van der Waals surface area contributed by atoms with Gasteiger partial charge >= 0.3 is 0 Å². The molecule has 34 heavy (non-hydrogen) atoms. The summed E-state index contributed by atoms with van der Waals surface area (Å²) in [5, 5.41) is 15.3. The molecule has 1 saturated carbocycles. The summed E-state index contributed by atoms with van der Waals surface area (Å²) in [6.07, 6.45) is 4.57. The number of carbonyl (C=O) groups is 1. The van der Waals surface area contributed by atoms with Crippen LogP contribution in [0.4, 0.5) is 26.4 Å². The predicted molar refractivity (Wildman–Crippen MR) is 125 cm³/mol. The Morgan fingerprint density at radius 2 is 1.94 bits per heavy atom. The number of fused-ring (bicyclic) bond motifs is 1. The van der Waals surface area contributed by atoms with Crippen LogP contribution in [0, 0.1) is 17.6 Å². The maximum absolute atomic E-state index is 14.5. The van der Waals surface area contributed by atoms with Crippen molar-refractivity contribution in [1.82, 2.24) is 19.5 Å². The van der Waals surface area contributed by atoms with Crippen molar-refractivity contribution >= 4 is 46.3 Å². The first-order valence-corrected chi connectivity index (χ1v) is 11.5. The van der Waals surface area contributed by atoms with Crippen LogP contribution in [-0.2, 0) is 4.79 Å². The fraction of sp³-hybridized carbons (Fsp3) is 0.455. The minimum absolute atomic E-state index is 0.0604. The maximum Gasteiger partial charge on any atom is 0.225 e. The van der Waals surface area contributed by atoms with Gasteiger partial charge in [0.25, 0.3) is 0 Å². The second-order valence-electron chi connectivity index (χ2n) is 8.42. The molecule has 1 fully saturated rings. The molecule has 182 valence electrons. The first kappa shape index (κ1) is 24.1. The van der Waals surface area contributed by atoms with Crippen molar-refractivity contribution in [1.29, 1.82) is 0 Å². The van der Waals surface area contributed by atoms with Gasteiger partial charge in [-0.05, 0) is 44.2 Å². The molecule has 1 atom stereocenters. The molecule has 9 nitrogen and oxygen atoms in total. The molecule has 3 aromatic rings. The Morgan fingerprint density at radius 3 is 2.53 bits per heavy atom. The van der Waals surface area contributed by atoms with Crippen LogP contribution in [0.25, 0.3) is 11.2 Å². The first-order chi connectivity index (χ1) is 16.3. The Labute approximate surface area is 199 Å². The summed E-state index contributed by atoms with van der Waals surface area (Å²) in [5.41, 5.74) is 5.98. The third kappa shape index (κ3) is 4.90. The maximum atomic E-state index is 14.5. The number of halogens is 3. The minimum Gasteiger partial charge on any atom is -0.394 e. The molecule has 0 aliphatic heterocycles. The van der Waals surface area contributed by atoms with Crippen LogP contribution in [0.5, 0.6) is 0 Å². The third-order valence-electron chi connectivity index (χ3n) is 6.19. The van der Waals surface area contributed by atoms with Crippen molar-refractivity contribution in [3.05, 3.63) is 35.0 Å². The summed E-state index contributed by atoms with van der Waals surface area (Å²) in [5.74, 6) is -1.77. The Kier molecular flexibility index (Phi) is 7.13. The molecule has 2 heterocycles. The lowest BCUT2D eigenvalue weighted by molar-refractivity contribution is -0.122. The van der Waals surface area contributed by atoms with Gasteiger partial charge in [-0.2, -0.15) is 4.98 Å². The number of hydrogen-bond donors (Lipinski definition) is 4. The normalized spacial score (nSPS) is 19.2. The number of primary amides is 1. The Bertz CT molecular complexity index is 1170. The smallest absolute Gasteiger partial charge is 0.225 e. The average Bonchev–Trinajstić information content (AvgIpc) is 3.17. The van der Waals surface area contributed by atoms with E-state index in [0.29, 0.717) is 49.2 Å². The van der Waals surface area contributed by atoms with Crippen molar-refractivity contribution < 1.29 is 18.7 Å². The molecule has 4 rings (SSSR count). The number of anilines is 3. The first-order valence-electron chi connectivity index (χ1n) is 11.1. The van der Waals surface area contributed by atoms with E-state index in [1.807, 2.05) is 6.92 Å². The number of nitrogens with zero attached hydrogens (tertiary/aromatic N) is 4. The van der Waals surface area contributed by atoms with Crippen LogP contribution < -0.4 is 16.4 Å². The number of aliphatic hydroxyl groups excluding tert-OH is 1. The highest BCUT2D eigenvalue weighted by Gasteiger charge is 2.29. The monoisotopic (exact) mass is 493 g/mol. The zero-order valence-corrected chi connectivity index (χ0v) is 19.3. The number of benzene rings is 1. The number of rotatable bonds is 8. The van der Waals surface area contributed by atoms with Gasteiger partial charge in [-0.1, -0.05) is 18.5 Å². The van der Waals surface area contributed by atoms with E-state index in [0.717, 1.165) is 12.1 Å². The molecule has 0 bridgehead atoms. The molecule has 1 amide bonds. The number of nitrogens with one attached hydrogen (secondary N) is 2. The van der Waals surface area contributed by atoms with E-state index in [4.69, 9.17) is 17.3 Å². The zero-order valence-electron chi connectivity index (χ0n) is 18.6. The molecule has 0 spiro atoms. The summed E-state index contributed by atoms with van der Waals surface area (Å²) >= 11 is 5.76. The van der Waals surface area contributed by atoms with Gasteiger partial charge in [-0.25, -0.2) is 18.7 Å². The van der Waals surface area contributed by atoms with Gasteiger partial charge in [0.2, 0.25) is 17.8 Å². The standard InChI is InChI=1S/C22H26ClF2N7O2/c1-2-13(10-33)28-21-27-9-17-20(31-21)32(14-5-3-11(4-6-14)19(26)34)22(29-17)30-18-15(24)7-12(23)8-16(18)25/h7-9,11,13-14,33H,2-6,10H2,1H3,(H2,26,34)(H,29,30)(H,27,28,31)/t11-,13-,14+/m0/s1. The second kappa shape index (κ2) is 10.1. The van der Waals surface area contributed by atoms with E-state index >= 15 is 0 Å². The second-order valence-corrected chi connectivity index (χ2v) is 8.85. The fourth-order valence-corrected chi connectivity index (χ4v) is 4.44. The lowest BCUT2D eigenvalue weighted by Crippen LogP contribution is -2.29. The molecule has 1 aliphatic carbocycles. The molecule has 1 aromatic carbocycles. The zero-order chi connectivity index (χ0) is 24.4.